The van der Waals surface area contributed by atoms with E-state index < -0.39 is 10.8 Å². The number of hydrogen-bond acceptors (Lipinski definition) is 2. The van der Waals surface area contributed by atoms with Crippen molar-refractivity contribution in [1.82, 2.24) is 0 Å². The molecule has 0 amide bonds. The predicted molar refractivity (Wildman–Crippen MR) is 115 cm³/mol. The lowest BCUT2D eigenvalue weighted by atomic mass is 9.93. The van der Waals surface area contributed by atoms with Crippen molar-refractivity contribution >= 4 is 26.7 Å². The van der Waals surface area contributed by atoms with Crippen molar-refractivity contribution in [2.24, 2.45) is 0 Å². The molecule has 0 aromatic heterocycles. The molecule has 0 radical (unpaired) electrons. The SMILES string of the molecule is COC(C)(C)C(Br)CCCC(=C1CCCCC1)[S@@](=O)c1ccc(C)cc1. The Morgan fingerprint density at radius 3 is 2.38 bits per heavy atom. The minimum atomic E-state index is -1.03. The molecule has 4 heteroatoms. The summed E-state index contributed by atoms with van der Waals surface area (Å²) in [6.45, 7) is 6.29. The number of aryl methyl sites for hydroxylation is 1. The molecule has 146 valence electrons. The molecule has 1 aliphatic carbocycles. The summed E-state index contributed by atoms with van der Waals surface area (Å²) in [6.07, 6.45) is 8.98. The molecule has 0 N–H and O–H groups in total. The van der Waals surface area contributed by atoms with Crippen molar-refractivity contribution in [3.8, 4) is 0 Å². The first-order valence-electron chi connectivity index (χ1n) is 9.73. The molecule has 1 aliphatic rings. The van der Waals surface area contributed by atoms with E-state index in [0.717, 1.165) is 37.0 Å². The standard InChI is InChI=1S/C22H33BrO2S/c1-17-13-15-19(16-14-17)26(24)20(18-9-6-5-7-10-18)11-8-12-21(23)22(2,3)25-4/h13-16,21H,5-12H2,1-4H3/t21?,26-/m0/s1. The van der Waals surface area contributed by atoms with Crippen LogP contribution in [-0.4, -0.2) is 21.7 Å². The summed E-state index contributed by atoms with van der Waals surface area (Å²) in [4.78, 5) is 2.42. The third kappa shape index (κ3) is 6.03. The van der Waals surface area contributed by atoms with Crippen molar-refractivity contribution in [2.45, 2.75) is 87.5 Å². The molecule has 0 aliphatic heterocycles. The number of rotatable bonds is 8. The topological polar surface area (TPSA) is 26.3 Å². The van der Waals surface area contributed by atoms with E-state index in [1.807, 2.05) is 12.1 Å². The Morgan fingerprint density at radius 1 is 1.19 bits per heavy atom. The van der Waals surface area contributed by atoms with E-state index in [2.05, 4.69) is 48.8 Å². The molecule has 1 aromatic rings. The van der Waals surface area contributed by atoms with Crippen LogP contribution in [0.1, 0.15) is 70.8 Å². The van der Waals surface area contributed by atoms with Crippen molar-refractivity contribution in [1.29, 1.82) is 0 Å². The van der Waals surface area contributed by atoms with E-state index >= 15 is 0 Å². The lowest BCUT2D eigenvalue weighted by Crippen LogP contribution is -2.33. The minimum Gasteiger partial charge on any atom is -0.378 e. The lowest BCUT2D eigenvalue weighted by molar-refractivity contribution is 0.0206. The maximum absolute atomic E-state index is 13.3. The fourth-order valence-electron chi connectivity index (χ4n) is 3.38. The van der Waals surface area contributed by atoms with Gasteiger partial charge in [0.25, 0.3) is 0 Å². The van der Waals surface area contributed by atoms with Gasteiger partial charge in [-0.3, -0.25) is 0 Å². The number of halogens is 1. The van der Waals surface area contributed by atoms with Gasteiger partial charge in [0.2, 0.25) is 0 Å². The Labute approximate surface area is 170 Å². The zero-order chi connectivity index (χ0) is 19.2. The van der Waals surface area contributed by atoms with E-state index in [4.69, 9.17) is 4.74 Å². The molecule has 0 bridgehead atoms. The van der Waals surface area contributed by atoms with Crippen LogP contribution >= 0.6 is 15.9 Å². The van der Waals surface area contributed by atoms with Gasteiger partial charge in [0.05, 0.1) is 16.4 Å². The van der Waals surface area contributed by atoms with Crippen molar-refractivity contribution < 1.29 is 8.95 Å². The highest BCUT2D eigenvalue weighted by Gasteiger charge is 2.27. The molecule has 1 unspecified atom stereocenters. The molecule has 26 heavy (non-hydrogen) atoms. The van der Waals surface area contributed by atoms with E-state index in [9.17, 15) is 4.21 Å². The van der Waals surface area contributed by atoms with E-state index in [-0.39, 0.29) is 5.60 Å². The Bertz CT molecular complexity index is 626. The Hall–Kier alpha value is -0.450. The predicted octanol–water partition coefficient (Wildman–Crippen LogP) is 6.68. The van der Waals surface area contributed by atoms with Gasteiger partial charge in [-0.2, -0.15) is 0 Å². The molecule has 2 nitrogen and oxygen atoms in total. The Morgan fingerprint density at radius 2 is 1.81 bits per heavy atom. The third-order valence-corrected chi connectivity index (χ3v) is 8.65. The molecule has 1 saturated carbocycles. The van der Waals surface area contributed by atoms with Gasteiger partial charge in [0.1, 0.15) is 0 Å². The number of hydrogen-bond donors (Lipinski definition) is 0. The van der Waals surface area contributed by atoms with Crippen LogP contribution < -0.4 is 0 Å². The van der Waals surface area contributed by atoms with Gasteiger partial charge < -0.3 is 4.74 Å². The summed E-state index contributed by atoms with van der Waals surface area (Å²) in [5.74, 6) is 0. The first-order valence-corrected chi connectivity index (χ1v) is 11.8. The fourth-order valence-corrected chi connectivity index (χ4v) is 5.35. The molecule has 2 atom stereocenters. The summed E-state index contributed by atoms with van der Waals surface area (Å²) in [5, 5.41) is 0. The second-order valence-electron chi connectivity index (χ2n) is 7.84. The molecule has 0 heterocycles. The molecule has 2 rings (SSSR count). The quantitative estimate of drug-likeness (QED) is 0.421. The largest absolute Gasteiger partial charge is 0.378 e. The maximum Gasteiger partial charge on any atom is 0.0807 e. The average molecular weight is 441 g/mol. The van der Waals surface area contributed by atoms with Gasteiger partial charge in [-0.25, -0.2) is 4.21 Å². The van der Waals surface area contributed by atoms with Crippen LogP contribution in [0, 0.1) is 6.92 Å². The Balaban J connectivity index is 2.12. The van der Waals surface area contributed by atoms with E-state index in [1.54, 1.807) is 7.11 Å². The first-order chi connectivity index (χ1) is 12.3. The molecule has 1 fully saturated rings. The molecule has 0 spiro atoms. The number of benzene rings is 1. The zero-order valence-electron chi connectivity index (χ0n) is 16.6. The van der Waals surface area contributed by atoms with Crippen LogP contribution in [0.5, 0.6) is 0 Å². The summed E-state index contributed by atoms with van der Waals surface area (Å²) in [5.41, 5.74) is 2.47. The monoisotopic (exact) mass is 440 g/mol. The summed E-state index contributed by atoms with van der Waals surface area (Å²) < 4.78 is 18.9. The van der Waals surface area contributed by atoms with Gasteiger partial charge in [0.15, 0.2) is 0 Å². The van der Waals surface area contributed by atoms with Crippen LogP contribution in [0.15, 0.2) is 39.6 Å². The first kappa shape index (κ1) is 21.8. The highest BCUT2D eigenvalue weighted by molar-refractivity contribution is 9.09. The molecular formula is C22H33BrO2S. The smallest absolute Gasteiger partial charge is 0.0807 e. The van der Waals surface area contributed by atoms with Gasteiger partial charge in [-0.15, -0.1) is 0 Å². The van der Waals surface area contributed by atoms with Crippen LogP contribution in [0.4, 0.5) is 0 Å². The van der Waals surface area contributed by atoms with Crippen LogP contribution in [0.3, 0.4) is 0 Å². The highest BCUT2D eigenvalue weighted by atomic mass is 79.9. The van der Waals surface area contributed by atoms with Gasteiger partial charge >= 0.3 is 0 Å². The fraction of sp³-hybridized carbons (Fsp3) is 0.636. The summed E-state index contributed by atoms with van der Waals surface area (Å²) in [6, 6.07) is 8.17. The number of allylic oxidation sites excluding steroid dienone is 2. The molecule has 1 aromatic carbocycles. The summed E-state index contributed by atoms with van der Waals surface area (Å²) >= 11 is 3.78. The lowest BCUT2D eigenvalue weighted by Gasteiger charge is -2.29. The molecule has 0 saturated heterocycles. The van der Waals surface area contributed by atoms with E-state index in [1.165, 1.54) is 35.3 Å². The normalized spacial score (nSPS) is 17.8. The maximum atomic E-state index is 13.3. The van der Waals surface area contributed by atoms with Gasteiger partial charge in [0, 0.05) is 21.7 Å². The van der Waals surface area contributed by atoms with Crippen LogP contribution in [-0.2, 0) is 15.5 Å². The van der Waals surface area contributed by atoms with Crippen LogP contribution in [0.2, 0.25) is 0 Å². The second-order valence-corrected chi connectivity index (χ2v) is 10.4. The number of alkyl halides is 1. The molecular weight excluding hydrogens is 408 g/mol. The van der Waals surface area contributed by atoms with Crippen LogP contribution in [0.25, 0.3) is 0 Å². The number of ether oxygens (including phenoxy) is 1. The Kier molecular flexibility index (Phi) is 8.56. The highest BCUT2D eigenvalue weighted by Crippen LogP contribution is 2.33. The zero-order valence-corrected chi connectivity index (χ0v) is 19.0. The van der Waals surface area contributed by atoms with Crippen molar-refractivity contribution in [2.75, 3.05) is 7.11 Å². The number of methoxy groups -OCH3 is 1. The van der Waals surface area contributed by atoms with Gasteiger partial charge in [-0.05, 0) is 77.8 Å². The third-order valence-electron chi connectivity index (χ3n) is 5.45. The minimum absolute atomic E-state index is 0.186. The van der Waals surface area contributed by atoms with Gasteiger partial charge in [-0.1, -0.05) is 45.6 Å². The summed E-state index contributed by atoms with van der Waals surface area (Å²) in [7, 11) is 0.728. The van der Waals surface area contributed by atoms with Crippen molar-refractivity contribution in [3.63, 3.8) is 0 Å². The second kappa shape index (κ2) is 10.2. The van der Waals surface area contributed by atoms with E-state index in [0.29, 0.717) is 4.83 Å². The van der Waals surface area contributed by atoms with Crippen molar-refractivity contribution in [3.05, 3.63) is 40.3 Å². The average Bonchev–Trinajstić information content (AvgIpc) is 2.65.